The van der Waals surface area contributed by atoms with Crippen LogP contribution in [-0.2, 0) is 0 Å². The summed E-state index contributed by atoms with van der Waals surface area (Å²) in [6.45, 7) is 0. The highest BCUT2D eigenvalue weighted by molar-refractivity contribution is 14.1. The van der Waals surface area contributed by atoms with Crippen LogP contribution in [-0.4, -0.2) is 22.2 Å². The maximum Gasteiger partial charge on any atom is 0.142 e. The molecule has 3 aromatic rings. The van der Waals surface area contributed by atoms with Gasteiger partial charge in [0.1, 0.15) is 17.3 Å². The highest BCUT2D eigenvalue weighted by Crippen LogP contribution is 2.30. The van der Waals surface area contributed by atoms with Crippen molar-refractivity contribution in [2.75, 3.05) is 7.11 Å². The van der Waals surface area contributed by atoms with Crippen molar-refractivity contribution in [3.05, 3.63) is 40.0 Å². The van der Waals surface area contributed by atoms with E-state index < -0.39 is 0 Å². The van der Waals surface area contributed by atoms with Gasteiger partial charge in [0.15, 0.2) is 0 Å². The second-order valence-corrected chi connectivity index (χ2v) is 5.38. The van der Waals surface area contributed by atoms with Gasteiger partial charge in [-0.25, -0.2) is 4.98 Å². The largest absolute Gasteiger partial charge is 0.507 e. The standard InChI is InChI=1S/C14H11IN2O2/c1-19-9-3-4-11-12(7-9)17-14(16-11)10-6-8(15)2-5-13(10)18/h2-7,18H,1H3,(H,16,17). The molecule has 1 heterocycles. The first-order chi connectivity index (χ1) is 9.17. The Hall–Kier alpha value is -1.76. The lowest BCUT2D eigenvalue weighted by molar-refractivity contribution is 0.415. The topological polar surface area (TPSA) is 58.1 Å². The molecule has 0 fully saturated rings. The molecule has 0 radical (unpaired) electrons. The monoisotopic (exact) mass is 366 g/mol. The Balaban J connectivity index is 2.17. The molecule has 0 saturated heterocycles. The van der Waals surface area contributed by atoms with E-state index in [1.165, 1.54) is 0 Å². The second kappa shape index (κ2) is 4.73. The van der Waals surface area contributed by atoms with Crippen LogP contribution in [0.25, 0.3) is 22.4 Å². The Morgan fingerprint density at radius 1 is 1.21 bits per heavy atom. The van der Waals surface area contributed by atoms with Gasteiger partial charge in [0, 0.05) is 9.64 Å². The molecule has 4 nitrogen and oxygen atoms in total. The molecule has 2 N–H and O–H groups in total. The Labute approximate surface area is 123 Å². The maximum absolute atomic E-state index is 9.93. The zero-order valence-corrected chi connectivity index (χ0v) is 12.3. The number of methoxy groups -OCH3 is 1. The van der Waals surface area contributed by atoms with E-state index in [4.69, 9.17) is 4.74 Å². The fourth-order valence-electron chi connectivity index (χ4n) is 1.94. The minimum absolute atomic E-state index is 0.214. The third-order valence-corrected chi connectivity index (χ3v) is 3.57. The van der Waals surface area contributed by atoms with Crippen molar-refractivity contribution in [2.45, 2.75) is 0 Å². The maximum atomic E-state index is 9.93. The minimum atomic E-state index is 0.214. The first kappa shape index (κ1) is 12.3. The predicted octanol–water partition coefficient (Wildman–Crippen LogP) is 3.55. The molecule has 0 amide bonds. The van der Waals surface area contributed by atoms with Gasteiger partial charge >= 0.3 is 0 Å². The van der Waals surface area contributed by atoms with Crippen LogP contribution in [0.4, 0.5) is 0 Å². The van der Waals surface area contributed by atoms with Crippen molar-refractivity contribution < 1.29 is 9.84 Å². The van der Waals surface area contributed by atoms with E-state index in [2.05, 4.69) is 32.6 Å². The molecular formula is C14H11IN2O2. The van der Waals surface area contributed by atoms with Gasteiger partial charge in [-0.15, -0.1) is 0 Å². The number of phenols is 1. The number of nitrogens with one attached hydrogen (secondary N) is 1. The number of hydrogen-bond acceptors (Lipinski definition) is 3. The molecule has 0 unspecified atom stereocenters. The Bertz CT molecular complexity index is 752. The van der Waals surface area contributed by atoms with Gasteiger partial charge in [-0.1, -0.05) is 0 Å². The number of benzene rings is 2. The van der Waals surface area contributed by atoms with Crippen LogP contribution in [0.5, 0.6) is 11.5 Å². The van der Waals surface area contributed by atoms with E-state index in [0.29, 0.717) is 11.4 Å². The number of halogens is 1. The summed E-state index contributed by atoms with van der Waals surface area (Å²) in [6.07, 6.45) is 0. The number of aromatic nitrogens is 2. The van der Waals surface area contributed by atoms with Gasteiger partial charge in [-0.3, -0.25) is 0 Å². The van der Waals surface area contributed by atoms with E-state index >= 15 is 0 Å². The zero-order chi connectivity index (χ0) is 13.4. The van der Waals surface area contributed by atoms with Crippen LogP contribution in [0.15, 0.2) is 36.4 Å². The minimum Gasteiger partial charge on any atom is -0.507 e. The first-order valence-corrected chi connectivity index (χ1v) is 6.78. The van der Waals surface area contributed by atoms with Crippen LogP contribution in [0, 0.1) is 3.57 Å². The third kappa shape index (κ3) is 2.25. The summed E-state index contributed by atoms with van der Waals surface area (Å²) in [5.74, 6) is 1.64. The highest BCUT2D eigenvalue weighted by atomic mass is 127. The zero-order valence-electron chi connectivity index (χ0n) is 10.1. The molecule has 96 valence electrons. The van der Waals surface area contributed by atoms with Crippen LogP contribution in [0.2, 0.25) is 0 Å². The van der Waals surface area contributed by atoms with Crippen LogP contribution in [0.1, 0.15) is 0 Å². The number of hydrogen-bond donors (Lipinski definition) is 2. The molecule has 0 aliphatic heterocycles. The summed E-state index contributed by atoms with van der Waals surface area (Å²) in [6, 6.07) is 11.1. The molecule has 0 aliphatic rings. The normalized spacial score (nSPS) is 10.8. The van der Waals surface area contributed by atoms with Gasteiger partial charge in [0.05, 0.1) is 23.7 Å². The molecule has 0 aliphatic carbocycles. The van der Waals surface area contributed by atoms with Gasteiger partial charge in [0.25, 0.3) is 0 Å². The summed E-state index contributed by atoms with van der Waals surface area (Å²) < 4.78 is 6.23. The van der Waals surface area contributed by atoms with E-state index in [-0.39, 0.29) is 5.75 Å². The number of phenolic OH excluding ortho intramolecular Hbond substituents is 1. The average molecular weight is 366 g/mol. The van der Waals surface area contributed by atoms with Crippen molar-refractivity contribution in [1.82, 2.24) is 9.97 Å². The highest BCUT2D eigenvalue weighted by Gasteiger charge is 2.10. The number of fused-ring (bicyclic) bond motifs is 1. The molecule has 0 saturated carbocycles. The lowest BCUT2D eigenvalue weighted by atomic mass is 10.2. The number of aromatic hydroxyl groups is 1. The van der Waals surface area contributed by atoms with Crippen LogP contribution < -0.4 is 4.74 Å². The number of aromatic amines is 1. The van der Waals surface area contributed by atoms with Crippen molar-refractivity contribution in [3.63, 3.8) is 0 Å². The molecule has 5 heteroatoms. The van der Waals surface area contributed by atoms with Gasteiger partial charge in [0.2, 0.25) is 0 Å². The number of imidazole rings is 1. The molecular weight excluding hydrogens is 355 g/mol. The fourth-order valence-corrected chi connectivity index (χ4v) is 2.43. The van der Waals surface area contributed by atoms with E-state index in [9.17, 15) is 5.11 Å². The Morgan fingerprint density at radius 3 is 2.84 bits per heavy atom. The Morgan fingerprint density at radius 2 is 2.05 bits per heavy atom. The molecule has 0 atom stereocenters. The van der Waals surface area contributed by atoms with Crippen molar-refractivity contribution in [1.29, 1.82) is 0 Å². The van der Waals surface area contributed by atoms with Gasteiger partial charge in [-0.2, -0.15) is 0 Å². The average Bonchev–Trinajstić information content (AvgIpc) is 2.83. The van der Waals surface area contributed by atoms with Crippen molar-refractivity contribution in [2.24, 2.45) is 0 Å². The SMILES string of the molecule is COc1ccc2nc(-c3cc(I)ccc3O)[nH]c2c1. The summed E-state index contributed by atoms with van der Waals surface area (Å²) >= 11 is 2.21. The number of rotatable bonds is 2. The fraction of sp³-hybridized carbons (Fsp3) is 0.0714. The predicted molar refractivity (Wildman–Crippen MR) is 82.5 cm³/mol. The molecule has 1 aromatic heterocycles. The summed E-state index contributed by atoms with van der Waals surface area (Å²) in [5.41, 5.74) is 2.42. The summed E-state index contributed by atoms with van der Waals surface area (Å²) in [5, 5.41) is 9.93. The Kier molecular flexibility index (Phi) is 3.06. The summed E-state index contributed by atoms with van der Waals surface area (Å²) in [7, 11) is 1.63. The number of H-pyrrole nitrogens is 1. The van der Waals surface area contributed by atoms with E-state index in [1.807, 2.05) is 30.3 Å². The smallest absolute Gasteiger partial charge is 0.142 e. The van der Waals surface area contributed by atoms with Crippen LogP contribution >= 0.6 is 22.6 Å². The van der Waals surface area contributed by atoms with E-state index in [0.717, 1.165) is 20.4 Å². The molecule has 2 aromatic carbocycles. The number of nitrogens with zero attached hydrogens (tertiary/aromatic N) is 1. The lowest BCUT2D eigenvalue weighted by Gasteiger charge is -2.01. The summed E-state index contributed by atoms with van der Waals surface area (Å²) in [4.78, 5) is 7.69. The van der Waals surface area contributed by atoms with Crippen molar-refractivity contribution in [3.8, 4) is 22.9 Å². The van der Waals surface area contributed by atoms with Gasteiger partial charge in [-0.05, 0) is 52.9 Å². The van der Waals surface area contributed by atoms with E-state index in [1.54, 1.807) is 13.2 Å². The molecule has 3 rings (SSSR count). The lowest BCUT2D eigenvalue weighted by Crippen LogP contribution is -1.83. The molecule has 0 spiro atoms. The van der Waals surface area contributed by atoms with Crippen LogP contribution in [0.3, 0.4) is 0 Å². The second-order valence-electron chi connectivity index (χ2n) is 4.13. The number of ether oxygens (including phenoxy) is 1. The molecule has 19 heavy (non-hydrogen) atoms. The first-order valence-electron chi connectivity index (χ1n) is 5.70. The third-order valence-electron chi connectivity index (χ3n) is 2.90. The van der Waals surface area contributed by atoms with Gasteiger partial charge < -0.3 is 14.8 Å². The quantitative estimate of drug-likeness (QED) is 0.682. The van der Waals surface area contributed by atoms with Crippen molar-refractivity contribution >= 4 is 33.6 Å². The molecule has 0 bridgehead atoms.